The first-order valence-electron chi connectivity index (χ1n) is 8.50. The maximum absolute atomic E-state index is 12.8. The minimum atomic E-state index is -0.0156. The van der Waals surface area contributed by atoms with Crippen LogP contribution >= 0.6 is 15.9 Å². The van der Waals surface area contributed by atoms with Crippen molar-refractivity contribution in [3.05, 3.63) is 34.3 Å². The lowest BCUT2D eigenvalue weighted by Gasteiger charge is -2.29. The van der Waals surface area contributed by atoms with Gasteiger partial charge in [-0.25, -0.2) is 0 Å². The number of halogens is 1. The monoisotopic (exact) mass is 395 g/mol. The minimum Gasteiger partial charge on any atom is -0.340 e. The van der Waals surface area contributed by atoms with E-state index >= 15 is 0 Å². The van der Waals surface area contributed by atoms with Crippen molar-refractivity contribution in [2.45, 2.75) is 20.3 Å². The smallest absolute Gasteiger partial charge is 0.253 e. The molecule has 1 fully saturated rings. The summed E-state index contributed by atoms with van der Waals surface area (Å²) in [5.74, 6) is 0.473. The van der Waals surface area contributed by atoms with Gasteiger partial charge in [0.2, 0.25) is 5.91 Å². The average Bonchev–Trinajstić information content (AvgIpc) is 2.58. The maximum Gasteiger partial charge on any atom is 0.253 e. The largest absolute Gasteiger partial charge is 0.340 e. The molecule has 132 valence electrons. The number of amides is 2. The van der Waals surface area contributed by atoms with Gasteiger partial charge >= 0.3 is 0 Å². The highest BCUT2D eigenvalue weighted by Crippen LogP contribution is 2.15. The third-order valence-corrected chi connectivity index (χ3v) is 4.50. The van der Waals surface area contributed by atoms with Crippen molar-refractivity contribution in [1.82, 2.24) is 15.1 Å². The molecule has 0 spiro atoms. The summed E-state index contributed by atoms with van der Waals surface area (Å²) in [5, 5.41) is 3.24. The molecule has 1 saturated heterocycles. The molecule has 0 bridgehead atoms. The second-order valence-electron chi connectivity index (χ2n) is 6.54. The zero-order valence-electron chi connectivity index (χ0n) is 14.4. The van der Waals surface area contributed by atoms with Crippen LogP contribution in [0, 0.1) is 5.92 Å². The van der Waals surface area contributed by atoms with Crippen LogP contribution in [-0.2, 0) is 4.79 Å². The number of rotatable bonds is 6. The van der Waals surface area contributed by atoms with E-state index in [1.54, 1.807) is 4.90 Å². The molecule has 2 rings (SSSR count). The summed E-state index contributed by atoms with van der Waals surface area (Å²) >= 11 is 3.41. The molecule has 6 heteroatoms. The molecule has 1 aromatic carbocycles. The highest BCUT2D eigenvalue weighted by Gasteiger charge is 2.21. The fourth-order valence-corrected chi connectivity index (χ4v) is 3.22. The Bertz CT molecular complexity index is 571. The van der Waals surface area contributed by atoms with Gasteiger partial charge in [-0.2, -0.15) is 0 Å². The van der Waals surface area contributed by atoms with Crippen molar-refractivity contribution in [2.75, 3.05) is 39.3 Å². The highest BCUT2D eigenvalue weighted by molar-refractivity contribution is 9.10. The van der Waals surface area contributed by atoms with Gasteiger partial charge in [-0.1, -0.05) is 35.8 Å². The summed E-state index contributed by atoms with van der Waals surface area (Å²) in [6.07, 6.45) is 0.381. The number of hydrogen-bond acceptors (Lipinski definition) is 3. The molecule has 2 amide bonds. The van der Waals surface area contributed by atoms with E-state index in [-0.39, 0.29) is 11.8 Å². The third kappa shape index (κ3) is 5.60. The van der Waals surface area contributed by atoms with E-state index in [4.69, 9.17) is 0 Å². The van der Waals surface area contributed by atoms with E-state index < -0.39 is 0 Å². The number of piperazine rings is 1. The topological polar surface area (TPSA) is 52.7 Å². The second-order valence-corrected chi connectivity index (χ2v) is 7.45. The first-order valence-corrected chi connectivity index (χ1v) is 9.30. The number of nitrogens with zero attached hydrogens (tertiary/aromatic N) is 2. The molecule has 0 radical (unpaired) electrons. The molecule has 24 heavy (non-hydrogen) atoms. The summed E-state index contributed by atoms with van der Waals surface area (Å²) in [4.78, 5) is 28.8. The van der Waals surface area contributed by atoms with Gasteiger partial charge in [0.15, 0.2) is 0 Å². The van der Waals surface area contributed by atoms with E-state index in [1.807, 2.05) is 29.2 Å². The molecule has 5 nitrogen and oxygen atoms in total. The number of nitrogens with one attached hydrogen (secondary N) is 1. The molecule has 0 unspecified atom stereocenters. The van der Waals surface area contributed by atoms with Crippen LogP contribution in [0.4, 0.5) is 0 Å². The van der Waals surface area contributed by atoms with Crippen LogP contribution in [0.15, 0.2) is 28.7 Å². The van der Waals surface area contributed by atoms with Crippen LogP contribution in [0.2, 0.25) is 0 Å². The van der Waals surface area contributed by atoms with Crippen molar-refractivity contribution >= 4 is 27.7 Å². The van der Waals surface area contributed by atoms with Gasteiger partial charge in [-0.05, 0) is 24.1 Å². The van der Waals surface area contributed by atoms with Crippen LogP contribution in [0.5, 0.6) is 0 Å². The van der Waals surface area contributed by atoms with Gasteiger partial charge in [0, 0.05) is 55.7 Å². The Morgan fingerprint density at radius 1 is 1.29 bits per heavy atom. The zero-order chi connectivity index (χ0) is 17.5. The number of benzene rings is 1. The predicted molar refractivity (Wildman–Crippen MR) is 99.0 cm³/mol. The summed E-state index contributed by atoms with van der Waals surface area (Å²) in [6, 6.07) is 7.40. The summed E-state index contributed by atoms with van der Waals surface area (Å²) < 4.78 is 0.884. The van der Waals surface area contributed by atoms with Crippen LogP contribution < -0.4 is 5.32 Å². The Morgan fingerprint density at radius 3 is 2.62 bits per heavy atom. The molecule has 0 aromatic heterocycles. The van der Waals surface area contributed by atoms with Gasteiger partial charge < -0.3 is 15.1 Å². The predicted octanol–water partition coefficient (Wildman–Crippen LogP) is 2.37. The van der Waals surface area contributed by atoms with Crippen LogP contribution in [0.1, 0.15) is 30.6 Å². The van der Waals surface area contributed by atoms with Gasteiger partial charge in [-0.15, -0.1) is 0 Å². The molecule has 0 atom stereocenters. The van der Waals surface area contributed by atoms with Crippen molar-refractivity contribution in [2.24, 2.45) is 5.92 Å². The molecule has 1 aliphatic rings. The van der Waals surface area contributed by atoms with Crippen molar-refractivity contribution < 1.29 is 9.59 Å². The lowest BCUT2D eigenvalue weighted by Crippen LogP contribution is -2.47. The Morgan fingerprint density at radius 2 is 2.00 bits per heavy atom. The van der Waals surface area contributed by atoms with Crippen LogP contribution in [0.25, 0.3) is 0 Å². The minimum absolute atomic E-state index is 0.0156. The molecule has 1 heterocycles. The van der Waals surface area contributed by atoms with Crippen molar-refractivity contribution in [1.29, 1.82) is 0 Å². The maximum atomic E-state index is 12.8. The van der Waals surface area contributed by atoms with Gasteiger partial charge in [0.05, 0.1) is 0 Å². The summed E-state index contributed by atoms with van der Waals surface area (Å²) in [5.41, 5.74) is 0.652. The number of carbonyl (C=O) groups excluding carboxylic acids is 2. The standard InChI is InChI=1S/C18H26BrN3O2/c1-14(2)13-22(18(24)15-4-3-5-16(19)12-15)9-6-17(23)21-10-7-20-8-11-21/h3-5,12,14,20H,6-11,13H2,1-2H3. The first kappa shape index (κ1) is 18.9. The fraction of sp³-hybridized carbons (Fsp3) is 0.556. The second kappa shape index (κ2) is 9.18. The molecule has 0 saturated carbocycles. The van der Waals surface area contributed by atoms with Gasteiger partial charge in [0.25, 0.3) is 5.91 Å². The first-order chi connectivity index (χ1) is 11.5. The number of carbonyl (C=O) groups is 2. The molecular weight excluding hydrogens is 370 g/mol. The van der Waals surface area contributed by atoms with E-state index in [1.165, 1.54) is 0 Å². The SMILES string of the molecule is CC(C)CN(CCC(=O)N1CCNCC1)C(=O)c1cccc(Br)c1. The molecule has 0 aliphatic carbocycles. The van der Waals surface area contributed by atoms with Gasteiger partial charge in [0.1, 0.15) is 0 Å². The number of hydrogen-bond donors (Lipinski definition) is 1. The van der Waals surface area contributed by atoms with E-state index in [0.717, 1.165) is 30.7 Å². The Hall–Kier alpha value is -1.40. The normalized spacial score (nSPS) is 14.8. The quantitative estimate of drug-likeness (QED) is 0.804. The summed E-state index contributed by atoms with van der Waals surface area (Å²) in [6.45, 7) is 8.48. The Labute approximate surface area is 152 Å². The Kier molecular flexibility index (Phi) is 7.24. The van der Waals surface area contributed by atoms with E-state index in [2.05, 4.69) is 35.1 Å². The molecule has 1 N–H and O–H groups in total. The molecular formula is C18H26BrN3O2. The fourth-order valence-electron chi connectivity index (χ4n) is 2.82. The third-order valence-electron chi connectivity index (χ3n) is 4.01. The average molecular weight is 396 g/mol. The summed E-state index contributed by atoms with van der Waals surface area (Å²) in [7, 11) is 0. The lowest BCUT2D eigenvalue weighted by molar-refractivity contribution is -0.132. The molecule has 1 aromatic rings. The van der Waals surface area contributed by atoms with Crippen molar-refractivity contribution in [3.63, 3.8) is 0 Å². The van der Waals surface area contributed by atoms with E-state index in [0.29, 0.717) is 31.0 Å². The van der Waals surface area contributed by atoms with Crippen LogP contribution in [-0.4, -0.2) is 60.9 Å². The molecule has 1 aliphatic heterocycles. The van der Waals surface area contributed by atoms with Crippen LogP contribution in [0.3, 0.4) is 0 Å². The van der Waals surface area contributed by atoms with Crippen molar-refractivity contribution in [3.8, 4) is 0 Å². The van der Waals surface area contributed by atoms with E-state index in [9.17, 15) is 9.59 Å². The zero-order valence-corrected chi connectivity index (χ0v) is 16.0. The van der Waals surface area contributed by atoms with Gasteiger partial charge in [-0.3, -0.25) is 9.59 Å². The lowest BCUT2D eigenvalue weighted by atomic mass is 10.1. The highest BCUT2D eigenvalue weighted by atomic mass is 79.9. The Balaban J connectivity index is 1.99.